The first kappa shape index (κ1) is 27.1. The van der Waals surface area contributed by atoms with Crippen molar-refractivity contribution in [2.45, 2.75) is 64.0 Å². The van der Waals surface area contributed by atoms with Gasteiger partial charge in [0, 0.05) is 37.8 Å². The monoisotopic (exact) mass is 508 g/mol. The minimum atomic E-state index is -1.54. The molecule has 1 saturated heterocycles. The van der Waals surface area contributed by atoms with Crippen molar-refractivity contribution in [3.05, 3.63) is 53.9 Å². The molecule has 1 aliphatic rings. The van der Waals surface area contributed by atoms with Crippen LogP contribution in [-0.2, 0) is 5.67 Å². The zero-order valence-corrected chi connectivity index (χ0v) is 22.7. The predicted octanol–water partition coefficient (Wildman–Crippen LogP) is 6.22. The number of likely N-dealkylation sites (N-methyl/N-ethyl adjacent to an activating group) is 1. The number of benzene rings is 2. The second kappa shape index (κ2) is 12.1. The fourth-order valence-corrected chi connectivity index (χ4v) is 5.37. The molecule has 200 valence electrons. The SMILES string of the molecule is CCCCC(F)(CC)c1nc(N2CCC(c3ccccc3OC)CC2)c2cc(N(C)CCO)ccc2n1. The number of hydrogen-bond acceptors (Lipinski definition) is 6. The second-order valence-corrected chi connectivity index (χ2v) is 10.1. The van der Waals surface area contributed by atoms with Gasteiger partial charge < -0.3 is 19.6 Å². The highest BCUT2D eigenvalue weighted by Gasteiger charge is 2.34. The first-order chi connectivity index (χ1) is 17.9. The Kier molecular flexibility index (Phi) is 8.85. The molecule has 37 heavy (non-hydrogen) atoms. The zero-order valence-electron chi connectivity index (χ0n) is 22.7. The summed E-state index contributed by atoms with van der Waals surface area (Å²) in [6, 6.07) is 14.3. The Morgan fingerprint density at radius 1 is 1.14 bits per heavy atom. The Bertz CT molecular complexity index is 1180. The molecule has 1 unspecified atom stereocenters. The van der Waals surface area contributed by atoms with Gasteiger partial charge in [0.25, 0.3) is 0 Å². The van der Waals surface area contributed by atoms with Gasteiger partial charge in [0.2, 0.25) is 0 Å². The highest BCUT2D eigenvalue weighted by molar-refractivity contribution is 5.92. The summed E-state index contributed by atoms with van der Waals surface area (Å²) in [6.45, 7) is 6.22. The van der Waals surface area contributed by atoms with Crippen LogP contribution >= 0.6 is 0 Å². The maximum Gasteiger partial charge on any atom is 0.169 e. The molecular formula is C30H41FN4O2. The summed E-state index contributed by atoms with van der Waals surface area (Å²) in [6.07, 6.45) is 4.45. The quantitative estimate of drug-likeness (QED) is 0.332. The number of hydrogen-bond donors (Lipinski definition) is 1. The number of rotatable bonds is 11. The van der Waals surface area contributed by atoms with Gasteiger partial charge in [-0.05, 0) is 61.4 Å². The van der Waals surface area contributed by atoms with Crippen LogP contribution in [0.5, 0.6) is 5.75 Å². The summed E-state index contributed by atoms with van der Waals surface area (Å²) in [4.78, 5) is 14.0. The lowest BCUT2D eigenvalue weighted by atomic mass is 9.88. The number of ether oxygens (including phenoxy) is 1. The van der Waals surface area contributed by atoms with E-state index in [-0.39, 0.29) is 6.61 Å². The predicted molar refractivity (Wildman–Crippen MR) is 150 cm³/mol. The Morgan fingerprint density at radius 2 is 1.89 bits per heavy atom. The van der Waals surface area contributed by atoms with Crippen molar-refractivity contribution in [1.82, 2.24) is 9.97 Å². The van der Waals surface area contributed by atoms with Gasteiger partial charge in [-0.25, -0.2) is 14.4 Å². The summed E-state index contributed by atoms with van der Waals surface area (Å²) >= 11 is 0. The van der Waals surface area contributed by atoms with E-state index >= 15 is 4.39 Å². The molecule has 7 heteroatoms. The van der Waals surface area contributed by atoms with E-state index in [9.17, 15) is 5.11 Å². The third-order valence-corrected chi connectivity index (χ3v) is 7.80. The third kappa shape index (κ3) is 5.82. The number of alkyl halides is 1. The molecule has 4 rings (SSSR count). The molecule has 0 bridgehead atoms. The molecule has 0 saturated carbocycles. The fourth-order valence-electron chi connectivity index (χ4n) is 5.37. The molecule has 1 aromatic heterocycles. The van der Waals surface area contributed by atoms with Crippen LogP contribution in [-0.4, -0.2) is 55.5 Å². The molecule has 0 aliphatic carbocycles. The van der Waals surface area contributed by atoms with Gasteiger partial charge in [0.05, 0.1) is 19.2 Å². The Morgan fingerprint density at radius 3 is 2.57 bits per heavy atom. The Hall–Kier alpha value is -2.93. The van der Waals surface area contributed by atoms with Crippen molar-refractivity contribution in [2.24, 2.45) is 0 Å². The van der Waals surface area contributed by atoms with Crippen LogP contribution in [0.4, 0.5) is 15.9 Å². The molecule has 3 aromatic rings. The maximum absolute atomic E-state index is 16.2. The number of halogens is 1. The molecule has 2 aromatic carbocycles. The minimum Gasteiger partial charge on any atom is -0.496 e. The van der Waals surface area contributed by atoms with E-state index in [2.05, 4.69) is 30.0 Å². The summed E-state index contributed by atoms with van der Waals surface area (Å²) in [5, 5.41) is 10.4. The highest BCUT2D eigenvalue weighted by atomic mass is 19.1. The van der Waals surface area contributed by atoms with E-state index in [0.717, 1.165) is 66.9 Å². The van der Waals surface area contributed by atoms with Crippen molar-refractivity contribution in [1.29, 1.82) is 0 Å². The van der Waals surface area contributed by atoms with Gasteiger partial charge >= 0.3 is 0 Å². The van der Waals surface area contributed by atoms with E-state index in [0.29, 0.717) is 31.1 Å². The number of unbranched alkanes of at least 4 members (excludes halogenated alkanes) is 1. The lowest BCUT2D eigenvalue weighted by Gasteiger charge is -2.35. The van der Waals surface area contributed by atoms with Crippen molar-refractivity contribution >= 4 is 22.4 Å². The van der Waals surface area contributed by atoms with Gasteiger partial charge in [0.15, 0.2) is 11.5 Å². The van der Waals surface area contributed by atoms with Crippen LogP contribution in [0.1, 0.15) is 69.7 Å². The zero-order chi connectivity index (χ0) is 26.4. The van der Waals surface area contributed by atoms with E-state index in [1.807, 2.05) is 43.1 Å². The van der Waals surface area contributed by atoms with Crippen LogP contribution in [0.25, 0.3) is 10.9 Å². The van der Waals surface area contributed by atoms with Gasteiger partial charge in [-0.15, -0.1) is 0 Å². The Labute approximate surface area is 220 Å². The molecule has 1 fully saturated rings. The number of anilines is 2. The van der Waals surface area contributed by atoms with Gasteiger partial charge in [0.1, 0.15) is 11.6 Å². The smallest absolute Gasteiger partial charge is 0.169 e. The molecular weight excluding hydrogens is 467 g/mol. The second-order valence-electron chi connectivity index (χ2n) is 10.1. The van der Waals surface area contributed by atoms with Gasteiger partial charge in [-0.2, -0.15) is 0 Å². The van der Waals surface area contributed by atoms with E-state index in [1.165, 1.54) is 5.56 Å². The molecule has 1 aliphatic heterocycles. The normalized spacial score (nSPS) is 16.1. The average Bonchev–Trinajstić information content (AvgIpc) is 2.95. The molecule has 0 amide bonds. The topological polar surface area (TPSA) is 61.7 Å². The maximum atomic E-state index is 16.2. The number of aromatic nitrogens is 2. The summed E-state index contributed by atoms with van der Waals surface area (Å²) < 4.78 is 21.8. The van der Waals surface area contributed by atoms with Crippen LogP contribution in [0, 0.1) is 0 Å². The number of aliphatic hydroxyl groups is 1. The fraction of sp³-hybridized carbons (Fsp3) is 0.533. The summed E-state index contributed by atoms with van der Waals surface area (Å²) in [5.41, 5.74) is 1.45. The molecule has 0 spiro atoms. The number of aliphatic hydroxyl groups excluding tert-OH is 1. The highest BCUT2D eigenvalue weighted by Crippen LogP contribution is 2.39. The van der Waals surface area contributed by atoms with Crippen LogP contribution in [0.3, 0.4) is 0 Å². The van der Waals surface area contributed by atoms with E-state index < -0.39 is 5.67 Å². The lowest BCUT2D eigenvalue weighted by Crippen LogP contribution is -2.35. The number of methoxy groups -OCH3 is 1. The third-order valence-electron chi connectivity index (χ3n) is 7.80. The number of fused-ring (bicyclic) bond motifs is 1. The first-order valence-corrected chi connectivity index (χ1v) is 13.6. The van der Waals surface area contributed by atoms with Crippen molar-refractivity contribution < 1.29 is 14.2 Å². The lowest BCUT2D eigenvalue weighted by molar-refractivity contribution is 0.128. The van der Waals surface area contributed by atoms with Gasteiger partial charge in [-0.1, -0.05) is 44.9 Å². The van der Waals surface area contributed by atoms with Crippen LogP contribution in [0.15, 0.2) is 42.5 Å². The molecule has 1 N–H and O–H groups in total. The molecule has 2 heterocycles. The summed E-state index contributed by atoms with van der Waals surface area (Å²) in [5.74, 6) is 2.46. The minimum absolute atomic E-state index is 0.0750. The molecule has 1 atom stereocenters. The van der Waals surface area contributed by atoms with E-state index in [1.54, 1.807) is 7.11 Å². The Balaban J connectivity index is 1.72. The van der Waals surface area contributed by atoms with Crippen molar-refractivity contribution in [2.75, 3.05) is 50.2 Å². The van der Waals surface area contributed by atoms with Gasteiger partial charge in [-0.3, -0.25) is 0 Å². The molecule has 0 radical (unpaired) electrons. The number of nitrogens with zero attached hydrogens (tertiary/aromatic N) is 4. The first-order valence-electron chi connectivity index (χ1n) is 13.6. The summed E-state index contributed by atoms with van der Waals surface area (Å²) in [7, 11) is 3.68. The van der Waals surface area contributed by atoms with Crippen molar-refractivity contribution in [3.63, 3.8) is 0 Å². The largest absolute Gasteiger partial charge is 0.496 e. The average molecular weight is 509 g/mol. The number of piperidine rings is 1. The van der Waals surface area contributed by atoms with Crippen LogP contribution in [0.2, 0.25) is 0 Å². The van der Waals surface area contributed by atoms with Crippen LogP contribution < -0.4 is 14.5 Å². The number of para-hydroxylation sites is 1. The molecule has 6 nitrogen and oxygen atoms in total. The van der Waals surface area contributed by atoms with Crippen molar-refractivity contribution in [3.8, 4) is 5.75 Å². The standard InChI is InChI=1S/C30H41FN4O2/c1-5-7-16-30(31,6-2)29-32-26-13-12-23(34(3)19-20-36)21-25(26)28(33-29)35-17-14-22(15-18-35)24-10-8-9-11-27(24)37-4/h8-13,21-22,36H,5-7,14-20H2,1-4H3. The van der Waals surface area contributed by atoms with E-state index in [4.69, 9.17) is 14.7 Å².